The van der Waals surface area contributed by atoms with Gasteiger partial charge in [0, 0.05) is 13.0 Å². The number of aromatic amines is 1. The molecule has 1 amide bonds. The van der Waals surface area contributed by atoms with Crippen molar-refractivity contribution in [1.29, 1.82) is 0 Å². The molecule has 0 saturated carbocycles. The lowest BCUT2D eigenvalue weighted by Gasteiger charge is -2.06. The summed E-state index contributed by atoms with van der Waals surface area (Å²) < 4.78 is 30.0. The first-order valence-electron chi connectivity index (χ1n) is 4.94. The van der Waals surface area contributed by atoms with Gasteiger partial charge in [-0.15, -0.1) is 0 Å². The Morgan fingerprint density at radius 2 is 2.28 bits per heavy atom. The summed E-state index contributed by atoms with van der Waals surface area (Å²) in [5, 5.41) is 0. The maximum atomic E-state index is 12.1. The van der Waals surface area contributed by atoms with Crippen molar-refractivity contribution in [3.05, 3.63) is 23.0 Å². The van der Waals surface area contributed by atoms with E-state index in [4.69, 9.17) is 12.2 Å². The molecule has 2 aromatic rings. The zero-order chi connectivity index (χ0) is 13.3. The molecule has 1 aromatic heterocycles. The predicted molar refractivity (Wildman–Crippen MR) is 63.8 cm³/mol. The molecule has 1 aromatic carbocycles. The van der Waals surface area contributed by atoms with E-state index in [9.17, 15) is 13.6 Å². The number of aromatic nitrogens is 2. The van der Waals surface area contributed by atoms with Crippen LogP contribution in [0.25, 0.3) is 11.0 Å². The third-order valence-corrected chi connectivity index (χ3v) is 2.43. The second-order valence-electron chi connectivity index (χ2n) is 3.49. The van der Waals surface area contributed by atoms with Gasteiger partial charge in [0.25, 0.3) is 0 Å². The standard InChI is InChI=1S/C10H9F2N3O2S/c1-5(16)14-15-8-3-2-6(17-9(11)12)4-7(8)13-10(15)18/h2-4,9H,1H3,(H,13,18)(H,14,16). The van der Waals surface area contributed by atoms with Crippen molar-refractivity contribution in [3.63, 3.8) is 0 Å². The van der Waals surface area contributed by atoms with Crippen LogP contribution in [0.5, 0.6) is 5.75 Å². The fourth-order valence-electron chi connectivity index (χ4n) is 1.54. The van der Waals surface area contributed by atoms with Gasteiger partial charge in [0.2, 0.25) is 5.91 Å². The van der Waals surface area contributed by atoms with Gasteiger partial charge in [-0.3, -0.25) is 10.2 Å². The summed E-state index contributed by atoms with van der Waals surface area (Å²) in [5.74, 6) is -0.274. The lowest BCUT2D eigenvalue weighted by Crippen LogP contribution is -2.19. The van der Waals surface area contributed by atoms with Gasteiger partial charge in [-0.05, 0) is 24.4 Å². The summed E-state index contributed by atoms with van der Waals surface area (Å²) in [6.07, 6.45) is 0. The molecule has 0 atom stereocenters. The highest BCUT2D eigenvalue weighted by Gasteiger charge is 2.09. The minimum atomic E-state index is -2.89. The molecule has 0 unspecified atom stereocenters. The zero-order valence-electron chi connectivity index (χ0n) is 9.24. The van der Waals surface area contributed by atoms with E-state index in [1.807, 2.05) is 0 Å². The number of fused-ring (bicyclic) bond motifs is 1. The van der Waals surface area contributed by atoms with E-state index in [1.165, 1.54) is 29.8 Å². The number of imidazole rings is 1. The summed E-state index contributed by atoms with van der Waals surface area (Å²) in [7, 11) is 0. The second kappa shape index (κ2) is 4.73. The number of halogens is 2. The van der Waals surface area contributed by atoms with Crippen LogP contribution < -0.4 is 10.2 Å². The van der Waals surface area contributed by atoms with E-state index in [0.29, 0.717) is 11.0 Å². The van der Waals surface area contributed by atoms with Gasteiger partial charge in [0.1, 0.15) is 5.75 Å². The quantitative estimate of drug-likeness (QED) is 0.844. The Bertz CT molecular complexity index is 650. The van der Waals surface area contributed by atoms with E-state index >= 15 is 0 Å². The molecule has 0 fully saturated rings. The molecule has 18 heavy (non-hydrogen) atoms. The molecule has 8 heteroatoms. The first-order valence-corrected chi connectivity index (χ1v) is 5.35. The molecule has 2 N–H and O–H groups in total. The molecule has 0 radical (unpaired) electrons. The first kappa shape index (κ1) is 12.5. The normalized spacial score (nSPS) is 10.9. The number of hydrogen-bond acceptors (Lipinski definition) is 3. The molecule has 0 spiro atoms. The lowest BCUT2D eigenvalue weighted by molar-refractivity contribution is -0.115. The topological polar surface area (TPSA) is 59.0 Å². The molecule has 0 aliphatic carbocycles. The van der Waals surface area contributed by atoms with Crippen molar-refractivity contribution in [2.75, 3.05) is 5.43 Å². The number of benzene rings is 1. The van der Waals surface area contributed by atoms with Gasteiger partial charge in [0.05, 0.1) is 11.0 Å². The monoisotopic (exact) mass is 273 g/mol. The smallest absolute Gasteiger partial charge is 0.387 e. The number of ether oxygens (including phenoxy) is 1. The average Bonchev–Trinajstić information content (AvgIpc) is 2.53. The maximum absolute atomic E-state index is 12.1. The van der Waals surface area contributed by atoms with Gasteiger partial charge in [-0.1, -0.05) is 0 Å². The van der Waals surface area contributed by atoms with Gasteiger partial charge < -0.3 is 9.72 Å². The minimum absolute atomic E-state index is 0.0173. The fourth-order valence-corrected chi connectivity index (χ4v) is 1.79. The number of H-pyrrole nitrogens is 1. The van der Waals surface area contributed by atoms with Crippen molar-refractivity contribution >= 4 is 29.2 Å². The predicted octanol–water partition coefficient (Wildman–Crippen LogP) is 2.39. The summed E-state index contributed by atoms with van der Waals surface area (Å²) in [6, 6.07) is 4.28. The van der Waals surface area contributed by atoms with Crippen LogP contribution in [0.15, 0.2) is 18.2 Å². The molecule has 0 aliphatic rings. The number of nitrogens with zero attached hydrogens (tertiary/aromatic N) is 1. The van der Waals surface area contributed by atoms with Gasteiger partial charge in [-0.25, -0.2) is 4.68 Å². The van der Waals surface area contributed by atoms with Crippen LogP contribution in [0, 0.1) is 4.77 Å². The highest BCUT2D eigenvalue weighted by atomic mass is 32.1. The number of hydrogen-bond donors (Lipinski definition) is 2. The molecule has 96 valence electrons. The maximum Gasteiger partial charge on any atom is 0.387 e. The van der Waals surface area contributed by atoms with Gasteiger partial charge >= 0.3 is 6.61 Å². The number of rotatable bonds is 3. The van der Waals surface area contributed by atoms with Crippen molar-refractivity contribution in [2.24, 2.45) is 0 Å². The fraction of sp³-hybridized carbons (Fsp3) is 0.200. The van der Waals surface area contributed by atoms with E-state index < -0.39 is 6.61 Å². The zero-order valence-corrected chi connectivity index (χ0v) is 10.1. The molecule has 0 aliphatic heterocycles. The van der Waals surface area contributed by atoms with E-state index in [-0.39, 0.29) is 16.4 Å². The van der Waals surface area contributed by atoms with Crippen molar-refractivity contribution < 1.29 is 18.3 Å². The van der Waals surface area contributed by atoms with Crippen molar-refractivity contribution in [1.82, 2.24) is 9.66 Å². The Morgan fingerprint density at radius 1 is 1.56 bits per heavy atom. The number of carbonyl (C=O) groups is 1. The molecule has 0 bridgehead atoms. The Hall–Kier alpha value is -1.96. The average molecular weight is 273 g/mol. The summed E-state index contributed by atoms with van der Waals surface area (Å²) in [6.45, 7) is -1.54. The highest BCUT2D eigenvalue weighted by molar-refractivity contribution is 7.71. The first-order chi connectivity index (χ1) is 8.47. The summed E-state index contributed by atoms with van der Waals surface area (Å²) in [4.78, 5) is 13.8. The molecular formula is C10H9F2N3O2S. The van der Waals surface area contributed by atoms with Crippen molar-refractivity contribution in [3.8, 4) is 5.75 Å². The van der Waals surface area contributed by atoms with Crippen LogP contribution in [0.3, 0.4) is 0 Å². The highest BCUT2D eigenvalue weighted by Crippen LogP contribution is 2.21. The summed E-state index contributed by atoms with van der Waals surface area (Å²) >= 11 is 5.01. The summed E-state index contributed by atoms with van der Waals surface area (Å²) in [5.41, 5.74) is 3.57. The SMILES string of the molecule is CC(=O)Nn1c(=S)[nH]c2cc(OC(F)F)ccc21. The van der Waals surface area contributed by atoms with Crippen molar-refractivity contribution in [2.45, 2.75) is 13.5 Å². The van der Waals surface area contributed by atoms with Gasteiger partial charge in [-0.2, -0.15) is 8.78 Å². The number of carbonyl (C=O) groups excluding carboxylic acids is 1. The third kappa shape index (κ3) is 2.48. The number of amides is 1. The van der Waals surface area contributed by atoms with Crippen LogP contribution in [-0.4, -0.2) is 22.2 Å². The Balaban J connectivity index is 2.47. The Labute approximate surface area is 105 Å². The number of alkyl halides is 2. The minimum Gasteiger partial charge on any atom is -0.435 e. The van der Waals surface area contributed by atoms with Gasteiger partial charge in [0.15, 0.2) is 4.77 Å². The molecular weight excluding hydrogens is 264 g/mol. The third-order valence-electron chi connectivity index (χ3n) is 2.15. The lowest BCUT2D eigenvalue weighted by atomic mass is 10.3. The van der Waals surface area contributed by atoms with E-state index in [0.717, 1.165) is 0 Å². The second-order valence-corrected chi connectivity index (χ2v) is 3.88. The molecule has 5 nitrogen and oxygen atoms in total. The van der Waals surface area contributed by atoms with E-state index in [1.54, 1.807) is 0 Å². The van der Waals surface area contributed by atoms with Crippen LogP contribution in [-0.2, 0) is 4.79 Å². The molecule has 1 heterocycles. The van der Waals surface area contributed by atoms with Crippen LogP contribution >= 0.6 is 12.2 Å². The Morgan fingerprint density at radius 3 is 2.89 bits per heavy atom. The van der Waals surface area contributed by atoms with Crippen LogP contribution in [0.2, 0.25) is 0 Å². The van der Waals surface area contributed by atoms with Crippen LogP contribution in [0.1, 0.15) is 6.92 Å². The largest absolute Gasteiger partial charge is 0.435 e. The van der Waals surface area contributed by atoms with E-state index in [2.05, 4.69) is 15.1 Å². The number of nitrogens with one attached hydrogen (secondary N) is 2. The molecule has 2 rings (SSSR count). The van der Waals surface area contributed by atoms with Crippen LogP contribution in [0.4, 0.5) is 8.78 Å². The molecule has 0 saturated heterocycles. The Kier molecular flexibility index (Phi) is 3.28.